The van der Waals surface area contributed by atoms with Crippen LogP contribution in [0.5, 0.6) is 0 Å². The van der Waals surface area contributed by atoms with Gasteiger partial charge in [0.15, 0.2) is 0 Å². The lowest BCUT2D eigenvalue weighted by molar-refractivity contribution is -0.126. The second-order valence-electron chi connectivity index (χ2n) is 5.77. The first-order valence-corrected chi connectivity index (χ1v) is 8.20. The van der Waals surface area contributed by atoms with Crippen LogP contribution in [-0.4, -0.2) is 18.4 Å². The Balaban J connectivity index is 1.76. The molecule has 0 radical (unpaired) electrons. The van der Waals surface area contributed by atoms with E-state index in [9.17, 15) is 9.59 Å². The van der Waals surface area contributed by atoms with Crippen molar-refractivity contribution < 1.29 is 9.59 Å². The van der Waals surface area contributed by atoms with E-state index >= 15 is 0 Å². The predicted octanol–water partition coefficient (Wildman–Crippen LogP) is 3.64. The number of anilines is 1. The van der Waals surface area contributed by atoms with Gasteiger partial charge in [-0.25, -0.2) is 0 Å². The Morgan fingerprint density at radius 1 is 1.00 bits per heavy atom. The summed E-state index contributed by atoms with van der Waals surface area (Å²) in [6, 6.07) is 13.3. The lowest BCUT2D eigenvalue weighted by atomic mass is 10.1. The van der Waals surface area contributed by atoms with Gasteiger partial charge in [0, 0.05) is 17.3 Å². The Labute approximate surface area is 147 Å². The van der Waals surface area contributed by atoms with Crippen molar-refractivity contribution >= 4 is 29.1 Å². The molecule has 0 fully saturated rings. The highest BCUT2D eigenvalue weighted by molar-refractivity contribution is 6.30. The van der Waals surface area contributed by atoms with Gasteiger partial charge in [-0.2, -0.15) is 0 Å². The smallest absolute Gasteiger partial charge is 0.233 e. The molecule has 5 heteroatoms. The molecule has 0 aliphatic carbocycles. The van der Waals surface area contributed by atoms with E-state index in [0.717, 1.165) is 22.4 Å². The fourth-order valence-electron chi connectivity index (χ4n) is 2.27. The van der Waals surface area contributed by atoms with Crippen LogP contribution in [0.4, 0.5) is 5.69 Å². The van der Waals surface area contributed by atoms with Gasteiger partial charge in [0.2, 0.25) is 11.8 Å². The number of amides is 2. The second-order valence-corrected chi connectivity index (χ2v) is 6.21. The highest BCUT2D eigenvalue weighted by atomic mass is 35.5. The van der Waals surface area contributed by atoms with Gasteiger partial charge in [-0.05, 0) is 55.2 Å². The summed E-state index contributed by atoms with van der Waals surface area (Å²) in [4.78, 5) is 23.8. The van der Waals surface area contributed by atoms with Crippen LogP contribution in [0.25, 0.3) is 0 Å². The van der Waals surface area contributed by atoms with Crippen molar-refractivity contribution in [2.24, 2.45) is 0 Å². The first-order valence-electron chi connectivity index (χ1n) is 7.82. The lowest BCUT2D eigenvalue weighted by Crippen LogP contribution is -2.29. The van der Waals surface area contributed by atoms with E-state index < -0.39 is 0 Å². The fourth-order valence-corrected chi connectivity index (χ4v) is 2.40. The number of halogens is 1. The molecule has 2 N–H and O–H groups in total. The number of hydrogen-bond acceptors (Lipinski definition) is 2. The third-order valence-electron chi connectivity index (χ3n) is 3.64. The van der Waals surface area contributed by atoms with Crippen LogP contribution in [0.3, 0.4) is 0 Å². The molecule has 4 nitrogen and oxygen atoms in total. The number of benzene rings is 2. The minimum Gasteiger partial charge on any atom is -0.355 e. The average molecular weight is 345 g/mol. The van der Waals surface area contributed by atoms with Crippen molar-refractivity contribution in [2.75, 3.05) is 11.9 Å². The van der Waals surface area contributed by atoms with Crippen LogP contribution in [0.2, 0.25) is 5.02 Å². The summed E-state index contributed by atoms with van der Waals surface area (Å²) in [6.07, 6.45) is 0.509. The van der Waals surface area contributed by atoms with Crippen molar-refractivity contribution in [1.82, 2.24) is 5.32 Å². The van der Waals surface area contributed by atoms with Crippen LogP contribution < -0.4 is 10.6 Å². The standard InChI is InChI=1S/C19H21ClN2O2/c1-13-3-4-14(2)17(11-13)22-19(24)12-18(23)21-10-9-15-5-7-16(20)8-6-15/h3-8,11H,9-10,12H2,1-2H3,(H,21,23)(H,22,24). The maximum Gasteiger partial charge on any atom is 0.233 e. The third kappa shape index (κ3) is 5.70. The maximum absolute atomic E-state index is 12.0. The Hall–Kier alpha value is -2.33. The molecule has 126 valence electrons. The number of hydrogen-bond donors (Lipinski definition) is 2. The van der Waals surface area contributed by atoms with Crippen LogP contribution in [-0.2, 0) is 16.0 Å². The van der Waals surface area contributed by atoms with Crippen molar-refractivity contribution in [3.05, 3.63) is 64.2 Å². The molecule has 0 saturated heterocycles. The predicted molar refractivity (Wildman–Crippen MR) is 97.3 cm³/mol. The summed E-state index contributed by atoms with van der Waals surface area (Å²) in [5.74, 6) is -0.598. The Morgan fingerprint density at radius 2 is 1.71 bits per heavy atom. The van der Waals surface area contributed by atoms with Gasteiger partial charge in [-0.15, -0.1) is 0 Å². The summed E-state index contributed by atoms with van der Waals surface area (Å²) < 4.78 is 0. The van der Waals surface area contributed by atoms with E-state index in [1.165, 1.54) is 0 Å². The van der Waals surface area contributed by atoms with E-state index in [2.05, 4.69) is 10.6 Å². The van der Waals surface area contributed by atoms with Gasteiger partial charge in [-0.3, -0.25) is 9.59 Å². The number of nitrogens with one attached hydrogen (secondary N) is 2. The quantitative estimate of drug-likeness (QED) is 0.786. The maximum atomic E-state index is 12.0. The van der Waals surface area contributed by atoms with Crippen LogP contribution >= 0.6 is 11.6 Å². The number of carbonyl (C=O) groups is 2. The molecule has 2 rings (SSSR count). The summed E-state index contributed by atoms with van der Waals surface area (Å²) in [5.41, 5.74) is 3.86. The minimum atomic E-state index is -0.312. The zero-order chi connectivity index (χ0) is 17.5. The van der Waals surface area contributed by atoms with Gasteiger partial charge in [0.25, 0.3) is 0 Å². The zero-order valence-corrected chi connectivity index (χ0v) is 14.6. The summed E-state index contributed by atoms with van der Waals surface area (Å²) in [7, 11) is 0. The molecule has 0 atom stereocenters. The first-order chi connectivity index (χ1) is 11.4. The highest BCUT2D eigenvalue weighted by Crippen LogP contribution is 2.16. The van der Waals surface area contributed by atoms with E-state index in [4.69, 9.17) is 11.6 Å². The van der Waals surface area contributed by atoms with Crippen molar-refractivity contribution in [1.29, 1.82) is 0 Å². The van der Waals surface area contributed by atoms with E-state index in [-0.39, 0.29) is 18.2 Å². The Morgan fingerprint density at radius 3 is 2.42 bits per heavy atom. The number of aryl methyl sites for hydroxylation is 2. The molecule has 0 aromatic heterocycles. The summed E-state index contributed by atoms with van der Waals surface area (Å²) in [5, 5.41) is 6.22. The summed E-state index contributed by atoms with van der Waals surface area (Å²) in [6.45, 7) is 4.36. The third-order valence-corrected chi connectivity index (χ3v) is 3.89. The minimum absolute atomic E-state index is 0.187. The normalized spacial score (nSPS) is 10.3. The van der Waals surface area contributed by atoms with Crippen LogP contribution in [0.1, 0.15) is 23.1 Å². The SMILES string of the molecule is Cc1ccc(C)c(NC(=O)CC(=O)NCCc2ccc(Cl)cc2)c1. The average Bonchev–Trinajstić information content (AvgIpc) is 2.53. The van der Waals surface area contributed by atoms with Crippen molar-refractivity contribution in [2.45, 2.75) is 26.7 Å². The molecule has 0 heterocycles. The molecule has 0 saturated carbocycles. The molecule has 0 unspecified atom stereocenters. The van der Waals surface area contributed by atoms with E-state index in [1.807, 2.05) is 56.3 Å². The lowest BCUT2D eigenvalue weighted by Gasteiger charge is -2.10. The number of carbonyl (C=O) groups excluding carboxylic acids is 2. The number of rotatable bonds is 6. The molecule has 0 aliphatic rings. The summed E-state index contributed by atoms with van der Waals surface area (Å²) >= 11 is 5.83. The van der Waals surface area contributed by atoms with Gasteiger partial charge < -0.3 is 10.6 Å². The first kappa shape index (κ1) is 18.0. The molecular weight excluding hydrogens is 324 g/mol. The van der Waals surface area contributed by atoms with Crippen molar-refractivity contribution in [3.8, 4) is 0 Å². The van der Waals surface area contributed by atoms with Gasteiger partial charge in [0.1, 0.15) is 6.42 Å². The van der Waals surface area contributed by atoms with Gasteiger partial charge in [-0.1, -0.05) is 35.9 Å². The molecule has 0 bridgehead atoms. The fraction of sp³-hybridized carbons (Fsp3) is 0.263. The monoisotopic (exact) mass is 344 g/mol. The Kier molecular flexibility index (Phi) is 6.38. The largest absolute Gasteiger partial charge is 0.355 e. The van der Waals surface area contributed by atoms with Crippen molar-refractivity contribution in [3.63, 3.8) is 0 Å². The molecule has 2 amide bonds. The Bertz CT molecular complexity index is 727. The van der Waals surface area contributed by atoms with E-state index in [1.54, 1.807) is 0 Å². The molecular formula is C19H21ClN2O2. The topological polar surface area (TPSA) is 58.2 Å². The van der Waals surface area contributed by atoms with Gasteiger partial charge in [0.05, 0.1) is 0 Å². The molecule has 0 aliphatic heterocycles. The molecule has 24 heavy (non-hydrogen) atoms. The van der Waals surface area contributed by atoms with Crippen LogP contribution in [0.15, 0.2) is 42.5 Å². The van der Waals surface area contributed by atoms with Crippen LogP contribution in [0, 0.1) is 13.8 Å². The van der Waals surface area contributed by atoms with Gasteiger partial charge >= 0.3 is 0 Å². The molecule has 0 spiro atoms. The highest BCUT2D eigenvalue weighted by Gasteiger charge is 2.10. The second kappa shape index (κ2) is 8.50. The molecule has 2 aromatic carbocycles. The zero-order valence-electron chi connectivity index (χ0n) is 13.9. The van der Waals surface area contributed by atoms with E-state index in [0.29, 0.717) is 18.0 Å². The molecule has 2 aromatic rings.